The molecular weight excluding hydrogens is 310 g/mol. The zero-order chi connectivity index (χ0) is 10.8. The molecule has 0 saturated carbocycles. The molecule has 2 heteroatoms. The van der Waals surface area contributed by atoms with Gasteiger partial charge in [-0.1, -0.05) is 0 Å². The maximum absolute atomic E-state index is 2.51. The third-order valence-corrected chi connectivity index (χ3v) is 5.87. The van der Waals surface area contributed by atoms with Crippen LogP contribution in [0.4, 0.5) is 0 Å². The van der Waals surface area contributed by atoms with Crippen molar-refractivity contribution in [2.24, 2.45) is 0 Å². The number of nitrogens with zero attached hydrogens (tertiary/aromatic N) is 1. The number of fused-ring (bicyclic) bond motifs is 1. The Morgan fingerprint density at radius 2 is 1.88 bits per heavy atom. The fourth-order valence-electron chi connectivity index (χ4n) is 1.95. The molecule has 1 heterocycles. The number of benzene rings is 2. The molecule has 3 rings (SSSR count). The molecule has 2 aromatic rings. The second-order valence-corrected chi connectivity index (χ2v) is 7.00. The van der Waals surface area contributed by atoms with E-state index in [0.29, 0.717) is 0 Å². The Labute approximate surface area is 106 Å². The summed E-state index contributed by atoms with van der Waals surface area (Å²) in [5, 5.41) is 2.81. The van der Waals surface area contributed by atoms with Crippen LogP contribution in [0.15, 0.2) is 54.7 Å². The molecule has 2 aromatic carbocycles. The van der Waals surface area contributed by atoms with E-state index in [1.165, 1.54) is 23.7 Å². The first-order valence-electron chi connectivity index (χ1n) is 5.52. The molecule has 0 atom stereocenters. The monoisotopic (exact) mass is 325 g/mol. The van der Waals surface area contributed by atoms with Crippen LogP contribution in [-0.4, -0.2) is 30.9 Å². The van der Waals surface area contributed by atoms with Crippen molar-refractivity contribution in [2.45, 2.75) is 6.42 Å². The van der Waals surface area contributed by atoms with Gasteiger partial charge < -0.3 is 0 Å². The average Bonchev–Trinajstić information content (AvgIpc) is 2.82. The molecular formula is C14H13NTe. The summed E-state index contributed by atoms with van der Waals surface area (Å²) < 4.78 is 4.06. The van der Waals surface area contributed by atoms with Crippen LogP contribution in [-0.2, 0) is 0 Å². The third-order valence-electron chi connectivity index (χ3n) is 2.75. The summed E-state index contributed by atoms with van der Waals surface area (Å²) in [5.41, 5.74) is 0. The van der Waals surface area contributed by atoms with Gasteiger partial charge in [-0.15, -0.1) is 0 Å². The van der Waals surface area contributed by atoms with Gasteiger partial charge in [-0.05, 0) is 0 Å². The predicted octanol–water partition coefficient (Wildman–Crippen LogP) is 2.30. The fourth-order valence-corrected chi connectivity index (χ4v) is 4.86. The fraction of sp³-hybridized carbons (Fsp3) is 0.143. The first-order chi connectivity index (χ1) is 7.93. The van der Waals surface area contributed by atoms with E-state index in [0.717, 1.165) is 0 Å². The molecule has 0 unspecified atom stereocenters. The molecule has 80 valence electrons. The molecule has 0 amide bonds. The van der Waals surface area contributed by atoms with Crippen LogP contribution < -0.4 is 3.61 Å². The van der Waals surface area contributed by atoms with Crippen molar-refractivity contribution >= 4 is 35.6 Å². The van der Waals surface area contributed by atoms with Crippen molar-refractivity contribution in [3.8, 4) is 0 Å². The van der Waals surface area contributed by atoms with Crippen LogP contribution >= 0.6 is 0 Å². The molecule has 0 fully saturated rings. The SMILES string of the molecule is C1=CN([Te]c2cccc3ccccc23)CC1. The van der Waals surface area contributed by atoms with Crippen LogP contribution in [0.2, 0.25) is 0 Å². The topological polar surface area (TPSA) is 3.24 Å². The van der Waals surface area contributed by atoms with Gasteiger partial charge in [0.25, 0.3) is 0 Å². The van der Waals surface area contributed by atoms with Gasteiger partial charge in [0.05, 0.1) is 0 Å². The Balaban J connectivity index is 1.99. The molecule has 1 nitrogen and oxygen atoms in total. The maximum atomic E-state index is 2.51. The van der Waals surface area contributed by atoms with Crippen molar-refractivity contribution in [3.05, 3.63) is 54.7 Å². The van der Waals surface area contributed by atoms with Crippen molar-refractivity contribution in [1.29, 1.82) is 0 Å². The van der Waals surface area contributed by atoms with Gasteiger partial charge in [-0.3, -0.25) is 0 Å². The molecule has 1 aliphatic rings. The second-order valence-electron chi connectivity index (χ2n) is 3.88. The molecule has 0 N–H and O–H groups in total. The van der Waals surface area contributed by atoms with Crippen molar-refractivity contribution in [3.63, 3.8) is 0 Å². The van der Waals surface area contributed by atoms with Gasteiger partial charge >= 0.3 is 106 Å². The summed E-state index contributed by atoms with van der Waals surface area (Å²) in [7, 11) is 0. The first-order valence-corrected chi connectivity index (χ1v) is 7.73. The molecule has 0 saturated heterocycles. The van der Waals surface area contributed by atoms with Crippen molar-refractivity contribution in [2.75, 3.05) is 6.54 Å². The van der Waals surface area contributed by atoms with Gasteiger partial charge in [-0.2, -0.15) is 0 Å². The summed E-state index contributed by atoms with van der Waals surface area (Å²) in [4.78, 5) is 0. The van der Waals surface area contributed by atoms with Gasteiger partial charge in [0.2, 0.25) is 0 Å². The van der Waals surface area contributed by atoms with Crippen molar-refractivity contribution < 1.29 is 0 Å². The van der Waals surface area contributed by atoms with Crippen LogP contribution in [0.5, 0.6) is 0 Å². The van der Waals surface area contributed by atoms with Gasteiger partial charge in [0.1, 0.15) is 0 Å². The standard InChI is InChI=1S/C14H13NTe/c1-2-8-13-12(6-1)7-5-9-14(13)16-15-10-3-4-11-15/h1-3,5-10H,4,11H2. The Morgan fingerprint density at radius 1 is 1.00 bits per heavy atom. The Kier molecular flexibility index (Phi) is 2.86. The predicted molar refractivity (Wildman–Crippen MR) is 69.8 cm³/mol. The minimum atomic E-state index is -0.225. The molecule has 16 heavy (non-hydrogen) atoms. The average molecular weight is 323 g/mol. The molecule has 0 aliphatic carbocycles. The van der Waals surface area contributed by atoms with E-state index >= 15 is 0 Å². The van der Waals surface area contributed by atoms with E-state index in [1.54, 1.807) is 3.61 Å². The quantitative estimate of drug-likeness (QED) is 0.767. The normalized spacial score (nSPS) is 14.9. The van der Waals surface area contributed by atoms with Crippen LogP contribution in [0, 0.1) is 0 Å². The van der Waals surface area contributed by atoms with Crippen LogP contribution in [0.3, 0.4) is 0 Å². The number of hydrogen-bond donors (Lipinski definition) is 0. The van der Waals surface area contributed by atoms with E-state index in [2.05, 4.69) is 57.9 Å². The first kappa shape index (κ1) is 10.2. The van der Waals surface area contributed by atoms with Crippen LogP contribution in [0.25, 0.3) is 10.8 Å². The van der Waals surface area contributed by atoms with E-state index in [1.807, 2.05) is 0 Å². The zero-order valence-electron chi connectivity index (χ0n) is 8.97. The van der Waals surface area contributed by atoms with Gasteiger partial charge in [0.15, 0.2) is 0 Å². The summed E-state index contributed by atoms with van der Waals surface area (Å²) in [6.07, 6.45) is 5.76. The Hall–Kier alpha value is -0.970. The number of hydrogen-bond acceptors (Lipinski definition) is 1. The summed E-state index contributed by atoms with van der Waals surface area (Å²) >= 11 is -0.225. The van der Waals surface area contributed by atoms with Gasteiger partial charge in [-0.25, -0.2) is 0 Å². The summed E-state index contributed by atoms with van der Waals surface area (Å²) in [6, 6.07) is 15.4. The Morgan fingerprint density at radius 3 is 2.75 bits per heavy atom. The van der Waals surface area contributed by atoms with E-state index in [-0.39, 0.29) is 21.2 Å². The van der Waals surface area contributed by atoms with E-state index in [9.17, 15) is 0 Å². The third kappa shape index (κ3) is 1.96. The van der Waals surface area contributed by atoms with Crippen molar-refractivity contribution in [1.82, 2.24) is 3.15 Å². The van der Waals surface area contributed by atoms with E-state index in [4.69, 9.17) is 0 Å². The van der Waals surface area contributed by atoms with Gasteiger partial charge in [0, 0.05) is 0 Å². The minimum absolute atomic E-state index is 0.225. The van der Waals surface area contributed by atoms with E-state index < -0.39 is 0 Å². The summed E-state index contributed by atoms with van der Waals surface area (Å²) in [6.45, 7) is 1.21. The summed E-state index contributed by atoms with van der Waals surface area (Å²) in [5.74, 6) is 0. The molecule has 0 aromatic heterocycles. The second kappa shape index (κ2) is 4.49. The number of rotatable bonds is 2. The Bertz CT molecular complexity index is 528. The molecule has 0 radical (unpaired) electrons. The van der Waals surface area contributed by atoms with Crippen LogP contribution in [0.1, 0.15) is 6.42 Å². The molecule has 0 spiro atoms. The molecule has 0 bridgehead atoms. The molecule has 1 aliphatic heterocycles. The zero-order valence-corrected chi connectivity index (χ0v) is 11.3.